The van der Waals surface area contributed by atoms with E-state index >= 15 is 0 Å². The van der Waals surface area contributed by atoms with Crippen molar-refractivity contribution in [2.75, 3.05) is 66.4 Å². The van der Waals surface area contributed by atoms with Gasteiger partial charge < -0.3 is 39.4 Å². The minimum absolute atomic E-state index is 0.0966. The lowest BCUT2D eigenvalue weighted by Gasteiger charge is -2.35. The molecule has 1 aliphatic heterocycles. The van der Waals surface area contributed by atoms with Crippen molar-refractivity contribution in [3.63, 3.8) is 0 Å². The van der Waals surface area contributed by atoms with Crippen molar-refractivity contribution in [3.05, 3.63) is 143 Å². The molecule has 5 aromatic rings. The van der Waals surface area contributed by atoms with Gasteiger partial charge in [-0.05, 0) is 82.7 Å². The molecule has 13 nitrogen and oxygen atoms in total. The second-order valence-corrected chi connectivity index (χ2v) is 18.9. The van der Waals surface area contributed by atoms with E-state index in [0.717, 1.165) is 45.0 Å². The fourth-order valence-corrected chi connectivity index (χ4v) is 8.99. The van der Waals surface area contributed by atoms with Crippen molar-refractivity contribution < 1.29 is 38.1 Å². The van der Waals surface area contributed by atoms with Crippen LogP contribution in [0.1, 0.15) is 74.9 Å². The summed E-state index contributed by atoms with van der Waals surface area (Å²) >= 11 is 1.59. The number of rotatable bonds is 24. The number of aryl methyl sites for hydroxylation is 1. The molecule has 0 saturated carbocycles. The predicted molar refractivity (Wildman–Crippen MR) is 271 cm³/mol. The minimum atomic E-state index is -0.860. The van der Waals surface area contributed by atoms with E-state index in [1.807, 2.05) is 81.7 Å². The molecular formula is C55H67N5O8S. The Hall–Kier alpha value is -6.19. The smallest absolute Gasteiger partial charge is 0.248 e. The maximum Gasteiger partial charge on any atom is 0.248 e. The number of amides is 4. The maximum atomic E-state index is 13.9. The Morgan fingerprint density at radius 3 is 2.04 bits per heavy atom. The van der Waals surface area contributed by atoms with Crippen LogP contribution in [-0.2, 0) is 39.9 Å². The number of hydrogen-bond acceptors (Lipinski definition) is 10. The lowest BCUT2D eigenvalue weighted by molar-refractivity contribution is -0.144. The second kappa shape index (κ2) is 26.0. The molecule has 1 fully saturated rings. The summed E-state index contributed by atoms with van der Waals surface area (Å²) in [5, 5.41) is 5.86. The molecule has 2 unspecified atom stereocenters. The summed E-state index contributed by atoms with van der Waals surface area (Å²) in [6.07, 6.45) is 2.12. The van der Waals surface area contributed by atoms with Crippen LogP contribution >= 0.6 is 11.3 Å². The van der Waals surface area contributed by atoms with Gasteiger partial charge >= 0.3 is 0 Å². The number of nitrogens with one attached hydrogen (secondary N) is 2. The molecule has 4 aromatic carbocycles. The Bertz CT molecular complexity index is 2450. The number of hydrogen-bond donors (Lipinski definition) is 2. The highest BCUT2D eigenvalue weighted by Gasteiger charge is 2.41. The molecule has 4 amide bonds. The number of allylic oxidation sites excluding steroid dienone is 1. The summed E-state index contributed by atoms with van der Waals surface area (Å²) in [5.41, 5.74) is 10.1. The standard InChI is InChI=1S/C55H67N5O8S/c1-7-46(41-15-10-8-11-16-41)50(42-17-12-9-13-18-42)43-24-26-45(27-25-43)68-30-29-59(6)49(62)37-67-34-32-65-31-33-66-36-48(61)58-52(55(3,4)5)54(64)60-28-14-19-47(60)53(63)56-35-40-20-22-44(23-21-40)51-39(2)57-38-69-51/h8-13,15-18,20-27,38,47,52H,7,14,19,28-37H2,1-6H3,(H,56,63)(H,58,61)/b50-46-. The van der Waals surface area contributed by atoms with E-state index in [-0.39, 0.29) is 57.4 Å². The summed E-state index contributed by atoms with van der Waals surface area (Å²) in [4.78, 5) is 61.6. The van der Waals surface area contributed by atoms with Crippen molar-refractivity contribution in [2.24, 2.45) is 5.41 Å². The monoisotopic (exact) mass is 957 g/mol. The van der Waals surface area contributed by atoms with Crippen molar-refractivity contribution in [1.29, 1.82) is 0 Å². The molecule has 1 aliphatic rings. The quantitative estimate of drug-likeness (QED) is 0.0461. The van der Waals surface area contributed by atoms with Crippen LogP contribution in [-0.4, -0.2) is 117 Å². The highest BCUT2D eigenvalue weighted by molar-refractivity contribution is 7.13. The van der Waals surface area contributed by atoms with Crippen LogP contribution in [0, 0.1) is 12.3 Å². The van der Waals surface area contributed by atoms with Crippen LogP contribution < -0.4 is 15.4 Å². The molecule has 0 bridgehead atoms. The summed E-state index contributed by atoms with van der Waals surface area (Å²) in [6.45, 7) is 11.7. The summed E-state index contributed by atoms with van der Waals surface area (Å²) in [7, 11) is 1.71. The van der Waals surface area contributed by atoms with E-state index in [1.54, 1.807) is 28.2 Å². The number of carbonyl (C=O) groups excluding carboxylic acids is 4. The van der Waals surface area contributed by atoms with E-state index in [4.69, 9.17) is 18.9 Å². The Morgan fingerprint density at radius 1 is 0.797 bits per heavy atom. The average molecular weight is 958 g/mol. The molecule has 2 N–H and O–H groups in total. The third kappa shape index (κ3) is 15.1. The molecule has 2 atom stereocenters. The van der Waals surface area contributed by atoms with Crippen molar-refractivity contribution in [1.82, 2.24) is 25.4 Å². The number of carbonyl (C=O) groups is 4. The summed E-state index contributed by atoms with van der Waals surface area (Å²) in [5.74, 6) is -0.408. The molecule has 0 spiro atoms. The Balaban J connectivity index is 0.840. The molecule has 69 heavy (non-hydrogen) atoms. The van der Waals surface area contributed by atoms with Gasteiger partial charge in [0.05, 0.1) is 49.1 Å². The molecule has 1 aromatic heterocycles. The van der Waals surface area contributed by atoms with E-state index in [9.17, 15) is 19.2 Å². The van der Waals surface area contributed by atoms with E-state index in [2.05, 4.69) is 83.2 Å². The predicted octanol–water partition coefficient (Wildman–Crippen LogP) is 8.21. The molecule has 2 heterocycles. The fourth-order valence-electron chi connectivity index (χ4n) is 8.18. The maximum absolute atomic E-state index is 13.9. The largest absolute Gasteiger partial charge is 0.492 e. The van der Waals surface area contributed by atoms with Gasteiger partial charge in [0, 0.05) is 20.1 Å². The second-order valence-electron chi connectivity index (χ2n) is 18.1. The fraction of sp³-hybridized carbons (Fsp3) is 0.400. The average Bonchev–Trinajstić information content (AvgIpc) is 4.04. The topological polar surface area (TPSA) is 149 Å². The first-order valence-corrected chi connectivity index (χ1v) is 24.6. The van der Waals surface area contributed by atoms with Crippen molar-refractivity contribution in [2.45, 2.75) is 72.5 Å². The van der Waals surface area contributed by atoms with Gasteiger partial charge in [0.15, 0.2) is 0 Å². The SMILES string of the molecule is CC/C(=C(\c1ccccc1)c1ccc(OCCN(C)C(=O)COCCOCCOCC(=O)NC(C(=O)N2CCCC2C(=O)NCc2ccc(-c3scnc3C)cc2)C(C)(C)C)cc1)c1ccccc1. The molecule has 6 rings (SSSR count). The zero-order valence-corrected chi connectivity index (χ0v) is 41.6. The Morgan fingerprint density at radius 2 is 1.42 bits per heavy atom. The molecule has 0 radical (unpaired) electrons. The normalized spacial score (nSPS) is 14.5. The molecule has 14 heteroatoms. The first-order valence-electron chi connectivity index (χ1n) is 23.7. The number of aromatic nitrogens is 1. The lowest BCUT2D eigenvalue weighted by Crippen LogP contribution is -2.58. The summed E-state index contributed by atoms with van der Waals surface area (Å²) < 4.78 is 22.7. The number of nitrogens with zero attached hydrogens (tertiary/aromatic N) is 3. The van der Waals surface area contributed by atoms with Crippen LogP contribution in [0.25, 0.3) is 21.6 Å². The number of ether oxygens (including phenoxy) is 4. The minimum Gasteiger partial charge on any atom is -0.492 e. The van der Waals surface area contributed by atoms with Crippen LogP contribution in [0.3, 0.4) is 0 Å². The van der Waals surface area contributed by atoms with E-state index in [0.29, 0.717) is 39.1 Å². The summed E-state index contributed by atoms with van der Waals surface area (Å²) in [6, 6.07) is 35.5. The highest BCUT2D eigenvalue weighted by Crippen LogP contribution is 2.35. The third-order valence-corrected chi connectivity index (χ3v) is 13.0. The van der Waals surface area contributed by atoms with Gasteiger partial charge in [-0.3, -0.25) is 19.2 Å². The van der Waals surface area contributed by atoms with Crippen LogP contribution in [0.5, 0.6) is 5.75 Å². The first-order chi connectivity index (χ1) is 33.3. The van der Waals surface area contributed by atoms with Gasteiger partial charge in [-0.1, -0.05) is 125 Å². The van der Waals surface area contributed by atoms with E-state index < -0.39 is 23.4 Å². The Labute approximate surface area is 411 Å². The van der Waals surface area contributed by atoms with Gasteiger partial charge in [0.2, 0.25) is 23.6 Å². The number of likely N-dealkylation sites (tertiary alicyclic amines) is 1. The Kier molecular flexibility index (Phi) is 19.6. The van der Waals surface area contributed by atoms with Gasteiger partial charge in [-0.2, -0.15) is 0 Å². The molecule has 366 valence electrons. The van der Waals surface area contributed by atoms with E-state index in [1.165, 1.54) is 16.7 Å². The third-order valence-electron chi connectivity index (χ3n) is 12.0. The van der Waals surface area contributed by atoms with Gasteiger partial charge in [-0.25, -0.2) is 4.98 Å². The first kappa shape index (κ1) is 52.2. The number of benzene rings is 4. The van der Waals surface area contributed by atoms with Crippen LogP contribution in [0.15, 0.2) is 115 Å². The zero-order valence-electron chi connectivity index (χ0n) is 40.8. The molecule has 1 saturated heterocycles. The lowest BCUT2D eigenvalue weighted by atomic mass is 9.85. The van der Waals surface area contributed by atoms with Gasteiger partial charge in [0.1, 0.15) is 37.7 Å². The number of thiazole rings is 1. The van der Waals surface area contributed by atoms with Gasteiger partial charge in [0.25, 0.3) is 0 Å². The van der Waals surface area contributed by atoms with Crippen molar-refractivity contribution in [3.8, 4) is 16.2 Å². The molecule has 0 aliphatic carbocycles. The van der Waals surface area contributed by atoms with Crippen molar-refractivity contribution >= 4 is 46.1 Å². The zero-order chi connectivity index (χ0) is 49.2. The highest BCUT2D eigenvalue weighted by atomic mass is 32.1. The van der Waals surface area contributed by atoms with Gasteiger partial charge in [-0.15, -0.1) is 11.3 Å². The molecular weight excluding hydrogens is 891 g/mol. The number of likely N-dealkylation sites (N-methyl/N-ethyl adjacent to an activating group) is 1. The van der Waals surface area contributed by atoms with Crippen LogP contribution in [0.4, 0.5) is 0 Å². The van der Waals surface area contributed by atoms with Crippen LogP contribution in [0.2, 0.25) is 0 Å².